The molecule has 0 aromatic carbocycles. The molecule has 1 unspecified atom stereocenters. The van der Waals surface area contributed by atoms with Gasteiger partial charge in [-0.3, -0.25) is 4.79 Å². The monoisotopic (exact) mass is 272 g/mol. The van der Waals surface area contributed by atoms with Crippen LogP contribution in [0.2, 0.25) is 0 Å². The van der Waals surface area contributed by atoms with E-state index in [4.69, 9.17) is 15.2 Å². The van der Waals surface area contributed by atoms with E-state index in [0.717, 1.165) is 38.8 Å². The van der Waals surface area contributed by atoms with Crippen LogP contribution in [0.15, 0.2) is 0 Å². The first-order valence-electron chi connectivity index (χ1n) is 7.37. The van der Waals surface area contributed by atoms with Crippen LogP contribution in [-0.4, -0.2) is 44.4 Å². The van der Waals surface area contributed by atoms with Crippen molar-refractivity contribution in [2.45, 2.75) is 45.1 Å². The van der Waals surface area contributed by atoms with Crippen LogP contribution in [0.25, 0.3) is 0 Å². The third-order valence-electron chi connectivity index (χ3n) is 3.45. The summed E-state index contributed by atoms with van der Waals surface area (Å²) in [6.45, 7) is 7.11. The van der Waals surface area contributed by atoms with Gasteiger partial charge < -0.3 is 20.5 Å². The van der Waals surface area contributed by atoms with Crippen LogP contribution in [-0.2, 0) is 14.3 Å². The van der Waals surface area contributed by atoms with E-state index >= 15 is 0 Å². The van der Waals surface area contributed by atoms with Crippen LogP contribution >= 0.6 is 0 Å². The van der Waals surface area contributed by atoms with Gasteiger partial charge in [-0.2, -0.15) is 0 Å². The van der Waals surface area contributed by atoms with Gasteiger partial charge in [0.25, 0.3) is 0 Å². The van der Waals surface area contributed by atoms with Gasteiger partial charge >= 0.3 is 0 Å². The van der Waals surface area contributed by atoms with Crippen LogP contribution in [0.4, 0.5) is 0 Å². The average Bonchev–Trinajstić information content (AvgIpc) is 3.21. The molecule has 1 amide bonds. The first kappa shape index (κ1) is 16.4. The lowest BCUT2D eigenvalue weighted by atomic mass is 9.93. The van der Waals surface area contributed by atoms with E-state index in [1.54, 1.807) is 0 Å². The summed E-state index contributed by atoms with van der Waals surface area (Å²) in [6, 6.07) is 0. The SMILES string of the molecule is CCCNC(COCCOCCC)(C(N)=O)C1CC1. The molecule has 3 N–H and O–H groups in total. The second-order valence-electron chi connectivity index (χ2n) is 5.20. The second-order valence-corrected chi connectivity index (χ2v) is 5.20. The third kappa shape index (κ3) is 5.09. The van der Waals surface area contributed by atoms with E-state index < -0.39 is 5.54 Å². The molecule has 0 aliphatic heterocycles. The Hall–Kier alpha value is -0.650. The van der Waals surface area contributed by atoms with Gasteiger partial charge in [-0.15, -0.1) is 0 Å². The maximum absolute atomic E-state index is 11.8. The highest BCUT2D eigenvalue weighted by Gasteiger charge is 2.49. The summed E-state index contributed by atoms with van der Waals surface area (Å²) >= 11 is 0. The number of hydrogen-bond donors (Lipinski definition) is 2. The minimum absolute atomic E-state index is 0.294. The number of nitrogens with one attached hydrogen (secondary N) is 1. The smallest absolute Gasteiger partial charge is 0.240 e. The summed E-state index contributed by atoms with van der Waals surface area (Å²) in [6.07, 6.45) is 4.08. The van der Waals surface area contributed by atoms with Crippen molar-refractivity contribution in [1.82, 2.24) is 5.32 Å². The molecule has 1 saturated carbocycles. The molecule has 1 atom stereocenters. The molecular formula is C14H28N2O3. The lowest BCUT2D eigenvalue weighted by molar-refractivity contribution is -0.128. The zero-order valence-electron chi connectivity index (χ0n) is 12.2. The lowest BCUT2D eigenvalue weighted by Gasteiger charge is -2.31. The number of hydrogen-bond acceptors (Lipinski definition) is 4. The lowest BCUT2D eigenvalue weighted by Crippen LogP contribution is -2.60. The van der Waals surface area contributed by atoms with E-state index in [-0.39, 0.29) is 5.91 Å². The van der Waals surface area contributed by atoms with Crippen LogP contribution in [0.3, 0.4) is 0 Å². The molecule has 1 aliphatic carbocycles. The Labute approximate surface area is 116 Å². The molecule has 1 rings (SSSR count). The van der Waals surface area contributed by atoms with Gasteiger partial charge in [0, 0.05) is 6.61 Å². The predicted molar refractivity (Wildman–Crippen MR) is 74.9 cm³/mol. The van der Waals surface area contributed by atoms with E-state index in [1.807, 2.05) is 0 Å². The van der Waals surface area contributed by atoms with Crippen LogP contribution in [0.5, 0.6) is 0 Å². The number of carbonyl (C=O) groups is 1. The molecule has 0 spiro atoms. The van der Waals surface area contributed by atoms with Crippen LogP contribution in [0, 0.1) is 5.92 Å². The summed E-state index contributed by atoms with van der Waals surface area (Å²) in [5.74, 6) is 0.0334. The van der Waals surface area contributed by atoms with Crippen molar-refractivity contribution in [3.05, 3.63) is 0 Å². The average molecular weight is 272 g/mol. The highest BCUT2D eigenvalue weighted by Crippen LogP contribution is 2.39. The van der Waals surface area contributed by atoms with Gasteiger partial charge in [-0.25, -0.2) is 0 Å². The Kier molecular flexibility index (Phi) is 7.34. The van der Waals surface area contributed by atoms with Crippen LogP contribution < -0.4 is 11.1 Å². The molecular weight excluding hydrogens is 244 g/mol. The minimum atomic E-state index is -0.680. The van der Waals surface area contributed by atoms with Gasteiger partial charge in [0.05, 0.1) is 19.8 Å². The standard InChI is InChI=1S/C14H28N2O3/c1-3-7-16-14(13(15)17,12-5-6-12)11-19-10-9-18-8-4-2/h12,16H,3-11H2,1-2H3,(H2,15,17). The minimum Gasteiger partial charge on any atom is -0.379 e. The first-order valence-corrected chi connectivity index (χ1v) is 7.37. The Morgan fingerprint density at radius 3 is 2.42 bits per heavy atom. The van der Waals surface area contributed by atoms with Gasteiger partial charge in [-0.05, 0) is 38.1 Å². The van der Waals surface area contributed by atoms with Crippen molar-refractivity contribution in [1.29, 1.82) is 0 Å². The molecule has 5 heteroatoms. The van der Waals surface area contributed by atoms with Gasteiger partial charge in [0.2, 0.25) is 5.91 Å². The normalized spacial score (nSPS) is 18.2. The number of rotatable bonds is 12. The van der Waals surface area contributed by atoms with Crippen molar-refractivity contribution in [2.24, 2.45) is 11.7 Å². The quantitative estimate of drug-likeness (QED) is 0.521. The first-order chi connectivity index (χ1) is 9.17. The molecule has 0 aromatic heterocycles. The molecule has 0 radical (unpaired) electrons. The number of ether oxygens (including phenoxy) is 2. The van der Waals surface area contributed by atoms with Crippen molar-refractivity contribution in [3.63, 3.8) is 0 Å². The third-order valence-corrected chi connectivity index (χ3v) is 3.45. The molecule has 1 fully saturated rings. The second kappa shape index (κ2) is 8.51. The van der Waals surface area contributed by atoms with Gasteiger partial charge in [0.1, 0.15) is 5.54 Å². The number of nitrogens with two attached hydrogens (primary N) is 1. The molecule has 0 saturated heterocycles. The predicted octanol–water partition coefficient (Wildman–Crippen LogP) is 1.06. The van der Waals surface area contributed by atoms with E-state index in [0.29, 0.717) is 25.7 Å². The largest absolute Gasteiger partial charge is 0.379 e. The molecule has 112 valence electrons. The van der Waals surface area contributed by atoms with Crippen LogP contribution in [0.1, 0.15) is 39.5 Å². The number of primary amides is 1. The maximum atomic E-state index is 11.8. The van der Waals surface area contributed by atoms with E-state index in [1.165, 1.54) is 0 Å². The van der Waals surface area contributed by atoms with Crippen molar-refractivity contribution in [2.75, 3.05) is 33.0 Å². The topological polar surface area (TPSA) is 73.6 Å². The number of carbonyl (C=O) groups excluding carboxylic acids is 1. The summed E-state index contributed by atoms with van der Waals surface area (Å²) in [5.41, 5.74) is 4.92. The summed E-state index contributed by atoms with van der Waals surface area (Å²) in [5, 5.41) is 3.31. The fourth-order valence-corrected chi connectivity index (χ4v) is 2.19. The fraction of sp³-hybridized carbons (Fsp3) is 0.929. The Balaban J connectivity index is 2.38. The molecule has 19 heavy (non-hydrogen) atoms. The fourth-order valence-electron chi connectivity index (χ4n) is 2.19. The molecule has 0 heterocycles. The maximum Gasteiger partial charge on any atom is 0.240 e. The molecule has 0 aromatic rings. The Bertz CT molecular complexity index is 269. The highest BCUT2D eigenvalue weighted by molar-refractivity contribution is 5.85. The molecule has 5 nitrogen and oxygen atoms in total. The summed E-state index contributed by atoms with van der Waals surface area (Å²) in [4.78, 5) is 11.8. The van der Waals surface area contributed by atoms with E-state index in [9.17, 15) is 4.79 Å². The number of amides is 1. The highest BCUT2D eigenvalue weighted by atomic mass is 16.5. The van der Waals surface area contributed by atoms with Gasteiger partial charge in [-0.1, -0.05) is 13.8 Å². The zero-order chi connectivity index (χ0) is 14.1. The Morgan fingerprint density at radius 2 is 1.89 bits per heavy atom. The van der Waals surface area contributed by atoms with Crippen molar-refractivity contribution in [3.8, 4) is 0 Å². The molecule has 0 bridgehead atoms. The Morgan fingerprint density at radius 1 is 1.21 bits per heavy atom. The molecule has 1 aliphatic rings. The summed E-state index contributed by atoms with van der Waals surface area (Å²) in [7, 11) is 0. The zero-order valence-corrected chi connectivity index (χ0v) is 12.2. The van der Waals surface area contributed by atoms with Gasteiger partial charge in [0.15, 0.2) is 0 Å². The summed E-state index contributed by atoms with van der Waals surface area (Å²) < 4.78 is 11.0. The van der Waals surface area contributed by atoms with Crippen molar-refractivity contribution < 1.29 is 14.3 Å². The van der Waals surface area contributed by atoms with Crippen molar-refractivity contribution >= 4 is 5.91 Å². The van der Waals surface area contributed by atoms with E-state index in [2.05, 4.69) is 19.2 Å².